The third-order valence-corrected chi connectivity index (χ3v) is 4.09. The van der Waals surface area contributed by atoms with E-state index in [-0.39, 0.29) is 12.1 Å². The molecule has 0 N–H and O–H groups in total. The summed E-state index contributed by atoms with van der Waals surface area (Å²) in [5.74, 6) is 0.333. The zero-order valence-electron chi connectivity index (χ0n) is 13.5. The molecule has 0 atom stereocenters. The number of rotatable bonds is 2. The molecule has 0 bridgehead atoms. The number of urea groups is 1. The van der Waals surface area contributed by atoms with Crippen LogP contribution in [0, 0.1) is 0 Å². The summed E-state index contributed by atoms with van der Waals surface area (Å²) in [5.41, 5.74) is -0.690. The average Bonchev–Trinajstić information content (AvgIpc) is 2.53. The summed E-state index contributed by atoms with van der Waals surface area (Å²) in [6.07, 6.45) is -1.78. The Labute approximate surface area is 133 Å². The highest BCUT2D eigenvalue weighted by atomic mass is 19.4. The topological polar surface area (TPSA) is 39.7 Å². The minimum atomic E-state index is -4.37. The van der Waals surface area contributed by atoms with E-state index in [1.165, 1.54) is 11.1 Å². The molecular formula is C15H21F3N4O. The van der Waals surface area contributed by atoms with Gasteiger partial charge in [0.15, 0.2) is 0 Å². The number of hydrogen-bond donors (Lipinski definition) is 0. The van der Waals surface area contributed by atoms with E-state index in [1.807, 2.05) is 4.90 Å². The number of piperidine rings is 1. The zero-order chi connectivity index (χ0) is 17.2. The maximum absolute atomic E-state index is 12.8. The number of halogens is 3. The van der Waals surface area contributed by atoms with Crippen LogP contribution in [0.1, 0.15) is 18.4 Å². The van der Waals surface area contributed by atoms with E-state index in [9.17, 15) is 18.0 Å². The molecule has 0 aromatic carbocycles. The van der Waals surface area contributed by atoms with Crippen molar-refractivity contribution in [2.45, 2.75) is 25.1 Å². The summed E-state index contributed by atoms with van der Waals surface area (Å²) in [6, 6.07) is 2.07. The lowest BCUT2D eigenvalue weighted by Crippen LogP contribution is -2.48. The van der Waals surface area contributed by atoms with Gasteiger partial charge in [-0.2, -0.15) is 13.2 Å². The summed E-state index contributed by atoms with van der Waals surface area (Å²) in [6.45, 7) is 1.15. The third kappa shape index (κ3) is 4.05. The number of hydrogen-bond acceptors (Lipinski definition) is 3. The Morgan fingerprint density at radius 2 is 1.87 bits per heavy atom. The van der Waals surface area contributed by atoms with E-state index < -0.39 is 11.7 Å². The first-order valence-electron chi connectivity index (χ1n) is 7.42. The van der Waals surface area contributed by atoms with Gasteiger partial charge in [-0.05, 0) is 25.0 Å². The fraction of sp³-hybridized carbons (Fsp3) is 0.600. The second-order valence-corrected chi connectivity index (χ2v) is 5.91. The molecule has 128 valence electrons. The number of amides is 2. The molecule has 0 radical (unpaired) electrons. The molecule has 5 nitrogen and oxygen atoms in total. The SMILES string of the molecule is CN(C)C(=O)N(C)C1CCN(c2cc(C(F)(F)F)ccn2)CC1. The molecule has 1 aromatic heterocycles. The Morgan fingerprint density at radius 1 is 1.26 bits per heavy atom. The van der Waals surface area contributed by atoms with Crippen molar-refractivity contribution in [1.29, 1.82) is 0 Å². The highest BCUT2D eigenvalue weighted by Gasteiger charge is 2.32. The van der Waals surface area contributed by atoms with Crippen LogP contribution in [0.25, 0.3) is 0 Å². The van der Waals surface area contributed by atoms with E-state index in [1.54, 1.807) is 26.0 Å². The number of alkyl halides is 3. The molecule has 0 unspecified atom stereocenters. The van der Waals surface area contributed by atoms with Gasteiger partial charge in [-0.1, -0.05) is 0 Å². The normalized spacial score (nSPS) is 16.3. The molecule has 1 aliphatic rings. The maximum atomic E-state index is 12.8. The van der Waals surface area contributed by atoms with E-state index in [0.29, 0.717) is 31.7 Å². The molecule has 2 heterocycles. The van der Waals surface area contributed by atoms with Crippen molar-refractivity contribution in [2.75, 3.05) is 39.1 Å². The predicted octanol–water partition coefficient (Wildman–Crippen LogP) is 2.68. The minimum Gasteiger partial charge on any atom is -0.356 e. The van der Waals surface area contributed by atoms with Gasteiger partial charge >= 0.3 is 12.2 Å². The minimum absolute atomic E-state index is 0.0688. The lowest BCUT2D eigenvalue weighted by molar-refractivity contribution is -0.137. The van der Waals surface area contributed by atoms with Crippen molar-refractivity contribution in [3.63, 3.8) is 0 Å². The molecule has 0 saturated carbocycles. The molecule has 2 amide bonds. The van der Waals surface area contributed by atoms with Crippen LogP contribution in [-0.4, -0.2) is 61.1 Å². The summed E-state index contributed by atoms with van der Waals surface area (Å²) in [4.78, 5) is 21.0. The zero-order valence-corrected chi connectivity index (χ0v) is 13.5. The van der Waals surface area contributed by atoms with Crippen LogP contribution in [0.15, 0.2) is 18.3 Å². The van der Waals surface area contributed by atoms with Gasteiger partial charge in [0.2, 0.25) is 0 Å². The van der Waals surface area contributed by atoms with Crippen LogP contribution in [0.4, 0.5) is 23.8 Å². The van der Waals surface area contributed by atoms with Crippen LogP contribution < -0.4 is 4.90 Å². The highest BCUT2D eigenvalue weighted by Crippen LogP contribution is 2.31. The second kappa shape index (κ2) is 6.64. The van der Waals surface area contributed by atoms with Gasteiger partial charge in [0.1, 0.15) is 5.82 Å². The second-order valence-electron chi connectivity index (χ2n) is 5.91. The number of aromatic nitrogens is 1. The van der Waals surface area contributed by atoms with Crippen LogP contribution in [-0.2, 0) is 6.18 Å². The molecule has 1 aliphatic heterocycles. The molecule has 1 aromatic rings. The van der Waals surface area contributed by atoms with Gasteiger partial charge in [0, 0.05) is 46.5 Å². The molecule has 1 fully saturated rings. The lowest BCUT2D eigenvalue weighted by atomic mass is 10.0. The van der Waals surface area contributed by atoms with Gasteiger partial charge in [-0.15, -0.1) is 0 Å². The van der Waals surface area contributed by atoms with Crippen molar-refractivity contribution in [3.8, 4) is 0 Å². The van der Waals surface area contributed by atoms with Crippen molar-refractivity contribution >= 4 is 11.8 Å². The van der Waals surface area contributed by atoms with Gasteiger partial charge < -0.3 is 14.7 Å². The molecule has 0 aliphatic carbocycles. The Balaban J connectivity index is 2.01. The van der Waals surface area contributed by atoms with Crippen LogP contribution in [0.5, 0.6) is 0 Å². The van der Waals surface area contributed by atoms with Crippen molar-refractivity contribution in [3.05, 3.63) is 23.9 Å². The van der Waals surface area contributed by atoms with E-state index in [2.05, 4.69) is 4.98 Å². The molecule has 1 saturated heterocycles. The van der Waals surface area contributed by atoms with E-state index in [0.717, 1.165) is 12.1 Å². The smallest absolute Gasteiger partial charge is 0.356 e. The van der Waals surface area contributed by atoms with Crippen LogP contribution in [0.3, 0.4) is 0 Å². The van der Waals surface area contributed by atoms with Gasteiger partial charge in [0.05, 0.1) is 5.56 Å². The van der Waals surface area contributed by atoms with Gasteiger partial charge in [-0.3, -0.25) is 0 Å². The molecular weight excluding hydrogens is 309 g/mol. The first kappa shape index (κ1) is 17.4. The van der Waals surface area contributed by atoms with Crippen molar-refractivity contribution in [1.82, 2.24) is 14.8 Å². The third-order valence-electron chi connectivity index (χ3n) is 4.09. The Morgan fingerprint density at radius 3 is 2.39 bits per heavy atom. The number of carbonyl (C=O) groups is 1. The summed E-state index contributed by atoms with van der Waals surface area (Å²) >= 11 is 0. The van der Waals surface area contributed by atoms with Gasteiger partial charge in [0.25, 0.3) is 0 Å². The van der Waals surface area contributed by atoms with E-state index in [4.69, 9.17) is 0 Å². The average molecular weight is 330 g/mol. The monoisotopic (exact) mass is 330 g/mol. The van der Waals surface area contributed by atoms with Crippen molar-refractivity contribution in [2.24, 2.45) is 0 Å². The maximum Gasteiger partial charge on any atom is 0.416 e. The molecule has 8 heteroatoms. The summed E-state index contributed by atoms with van der Waals surface area (Å²) < 4.78 is 38.3. The number of anilines is 1. The first-order chi connectivity index (χ1) is 10.7. The molecule has 23 heavy (non-hydrogen) atoms. The van der Waals surface area contributed by atoms with Crippen LogP contribution >= 0.6 is 0 Å². The number of pyridine rings is 1. The Bertz CT molecular complexity index is 554. The number of nitrogens with zero attached hydrogens (tertiary/aromatic N) is 4. The Hall–Kier alpha value is -1.99. The predicted molar refractivity (Wildman–Crippen MR) is 81.3 cm³/mol. The molecule has 0 spiro atoms. The summed E-state index contributed by atoms with van der Waals surface area (Å²) in [5, 5.41) is 0. The van der Waals surface area contributed by atoms with Crippen molar-refractivity contribution < 1.29 is 18.0 Å². The van der Waals surface area contributed by atoms with Crippen LogP contribution in [0.2, 0.25) is 0 Å². The Kier molecular flexibility index (Phi) is 5.01. The van der Waals surface area contributed by atoms with E-state index >= 15 is 0 Å². The fourth-order valence-corrected chi connectivity index (χ4v) is 2.72. The summed E-state index contributed by atoms with van der Waals surface area (Å²) in [7, 11) is 5.15. The highest BCUT2D eigenvalue weighted by molar-refractivity contribution is 5.73. The number of carbonyl (C=O) groups excluding carboxylic acids is 1. The lowest BCUT2D eigenvalue weighted by Gasteiger charge is -2.38. The fourth-order valence-electron chi connectivity index (χ4n) is 2.72. The standard InChI is InChI=1S/C15H21F3N4O/c1-20(2)14(23)21(3)12-5-8-22(9-6-12)13-10-11(4-7-19-13)15(16,17)18/h4,7,10,12H,5-6,8-9H2,1-3H3. The first-order valence-corrected chi connectivity index (χ1v) is 7.42. The quantitative estimate of drug-likeness (QED) is 0.837. The molecule has 2 rings (SSSR count). The largest absolute Gasteiger partial charge is 0.416 e. The van der Waals surface area contributed by atoms with Gasteiger partial charge in [-0.25, -0.2) is 9.78 Å².